The molecule has 0 aliphatic carbocycles. The fourth-order valence-corrected chi connectivity index (χ4v) is 2.39. The van der Waals surface area contributed by atoms with Crippen LogP contribution in [0.2, 0.25) is 0 Å². The first kappa shape index (κ1) is 17.8. The molecule has 0 spiro atoms. The van der Waals surface area contributed by atoms with Crippen molar-refractivity contribution in [2.75, 3.05) is 26.8 Å². The summed E-state index contributed by atoms with van der Waals surface area (Å²) in [5.74, 6) is 0.819. The van der Waals surface area contributed by atoms with Gasteiger partial charge in [-0.05, 0) is 29.7 Å². The van der Waals surface area contributed by atoms with Crippen LogP contribution >= 0.6 is 0 Å². The highest BCUT2D eigenvalue weighted by molar-refractivity contribution is 5.74. The lowest BCUT2D eigenvalue weighted by Crippen LogP contribution is -2.41. The lowest BCUT2D eigenvalue weighted by Gasteiger charge is -2.22. The van der Waals surface area contributed by atoms with Crippen molar-refractivity contribution >= 4 is 6.03 Å². The molecule has 0 fully saturated rings. The molecule has 5 heteroatoms. The highest BCUT2D eigenvalue weighted by Gasteiger charge is 2.12. The van der Waals surface area contributed by atoms with E-state index in [1.54, 1.807) is 12.0 Å². The van der Waals surface area contributed by atoms with Gasteiger partial charge in [0, 0.05) is 19.6 Å². The Labute approximate surface area is 142 Å². The molecule has 2 amide bonds. The SMILES string of the molecule is COc1ccc(CCNC(=O)N(CCO)Cc2ccccc2)cc1. The number of urea groups is 1. The molecule has 5 nitrogen and oxygen atoms in total. The van der Waals surface area contributed by atoms with Crippen molar-refractivity contribution in [3.05, 3.63) is 65.7 Å². The molecule has 0 bridgehead atoms. The number of hydrogen-bond donors (Lipinski definition) is 2. The third-order valence-corrected chi connectivity index (χ3v) is 3.72. The zero-order valence-corrected chi connectivity index (χ0v) is 13.9. The monoisotopic (exact) mass is 328 g/mol. The fraction of sp³-hybridized carbons (Fsp3) is 0.316. The number of nitrogens with one attached hydrogen (secondary N) is 1. The van der Waals surface area contributed by atoms with Gasteiger partial charge in [0.15, 0.2) is 0 Å². The Kier molecular flexibility index (Phi) is 7.11. The number of methoxy groups -OCH3 is 1. The molecule has 2 rings (SSSR count). The second-order valence-electron chi connectivity index (χ2n) is 5.46. The van der Waals surface area contributed by atoms with Gasteiger partial charge in [0.1, 0.15) is 5.75 Å². The van der Waals surface area contributed by atoms with Crippen molar-refractivity contribution in [2.24, 2.45) is 0 Å². The second kappa shape index (κ2) is 9.57. The average Bonchev–Trinajstić information content (AvgIpc) is 2.62. The summed E-state index contributed by atoms with van der Waals surface area (Å²) in [7, 11) is 1.64. The molecule has 2 N–H and O–H groups in total. The molecule has 0 saturated heterocycles. The summed E-state index contributed by atoms with van der Waals surface area (Å²) in [6.07, 6.45) is 0.744. The van der Waals surface area contributed by atoms with Crippen LogP contribution in [0.3, 0.4) is 0 Å². The highest BCUT2D eigenvalue weighted by Crippen LogP contribution is 2.11. The summed E-state index contributed by atoms with van der Waals surface area (Å²) in [5.41, 5.74) is 2.17. The molecular weight excluding hydrogens is 304 g/mol. The van der Waals surface area contributed by atoms with Crippen molar-refractivity contribution in [1.82, 2.24) is 10.2 Å². The number of carbonyl (C=O) groups is 1. The number of rotatable bonds is 8. The molecule has 0 atom stereocenters. The Morgan fingerprint density at radius 1 is 1.08 bits per heavy atom. The van der Waals surface area contributed by atoms with Gasteiger partial charge in [0.25, 0.3) is 0 Å². The topological polar surface area (TPSA) is 61.8 Å². The van der Waals surface area contributed by atoms with Gasteiger partial charge in [-0.1, -0.05) is 42.5 Å². The summed E-state index contributed by atoms with van der Waals surface area (Å²) >= 11 is 0. The number of aliphatic hydroxyl groups excluding tert-OH is 1. The molecule has 0 heterocycles. The Morgan fingerprint density at radius 3 is 2.42 bits per heavy atom. The summed E-state index contributed by atoms with van der Waals surface area (Å²) in [5, 5.41) is 12.1. The third kappa shape index (κ3) is 5.59. The molecule has 0 aromatic heterocycles. The van der Waals surface area contributed by atoms with Gasteiger partial charge in [-0.2, -0.15) is 0 Å². The van der Waals surface area contributed by atoms with Crippen LogP contribution in [0.15, 0.2) is 54.6 Å². The van der Waals surface area contributed by atoms with Gasteiger partial charge >= 0.3 is 6.03 Å². The predicted octanol–water partition coefficient (Wildman–Crippen LogP) is 2.44. The second-order valence-corrected chi connectivity index (χ2v) is 5.46. The smallest absolute Gasteiger partial charge is 0.317 e. The standard InChI is InChI=1S/C19H24N2O3/c1-24-18-9-7-16(8-10-18)11-12-20-19(23)21(13-14-22)15-17-5-3-2-4-6-17/h2-10,22H,11-15H2,1H3,(H,20,23). The van der Waals surface area contributed by atoms with E-state index in [1.807, 2.05) is 54.6 Å². The summed E-state index contributed by atoms with van der Waals surface area (Å²) < 4.78 is 5.13. The van der Waals surface area contributed by atoms with Crippen LogP contribution in [0.25, 0.3) is 0 Å². The van der Waals surface area contributed by atoms with Crippen molar-refractivity contribution in [3.63, 3.8) is 0 Å². The Bertz CT molecular complexity index is 614. The van der Waals surface area contributed by atoms with Crippen LogP contribution in [0.5, 0.6) is 5.75 Å². The fourth-order valence-electron chi connectivity index (χ4n) is 2.39. The first-order valence-corrected chi connectivity index (χ1v) is 8.03. The van der Waals surface area contributed by atoms with Crippen molar-refractivity contribution in [2.45, 2.75) is 13.0 Å². The maximum atomic E-state index is 12.3. The molecule has 0 radical (unpaired) electrons. The molecule has 128 valence electrons. The Balaban J connectivity index is 1.83. The van der Waals surface area contributed by atoms with E-state index >= 15 is 0 Å². The van der Waals surface area contributed by atoms with Gasteiger partial charge in [-0.15, -0.1) is 0 Å². The van der Waals surface area contributed by atoms with Gasteiger partial charge in [-0.3, -0.25) is 0 Å². The molecular formula is C19H24N2O3. The Morgan fingerprint density at radius 2 is 1.79 bits per heavy atom. The van der Waals surface area contributed by atoms with Crippen LogP contribution in [-0.4, -0.2) is 42.8 Å². The first-order valence-electron chi connectivity index (χ1n) is 8.03. The molecule has 0 aliphatic rings. The van der Waals surface area contributed by atoms with E-state index in [2.05, 4.69) is 5.32 Å². The van der Waals surface area contributed by atoms with Crippen LogP contribution in [0.1, 0.15) is 11.1 Å². The highest BCUT2D eigenvalue weighted by atomic mass is 16.5. The predicted molar refractivity (Wildman–Crippen MR) is 94.0 cm³/mol. The van der Waals surface area contributed by atoms with E-state index in [9.17, 15) is 9.90 Å². The molecule has 2 aromatic carbocycles. The number of nitrogens with zero attached hydrogens (tertiary/aromatic N) is 1. The van der Waals surface area contributed by atoms with Crippen LogP contribution in [-0.2, 0) is 13.0 Å². The average molecular weight is 328 g/mol. The van der Waals surface area contributed by atoms with E-state index < -0.39 is 0 Å². The first-order chi connectivity index (χ1) is 11.7. The van der Waals surface area contributed by atoms with Crippen LogP contribution in [0.4, 0.5) is 4.79 Å². The van der Waals surface area contributed by atoms with Gasteiger partial charge in [0.05, 0.1) is 13.7 Å². The number of amides is 2. The third-order valence-electron chi connectivity index (χ3n) is 3.72. The zero-order valence-electron chi connectivity index (χ0n) is 13.9. The van der Waals surface area contributed by atoms with Crippen LogP contribution in [0, 0.1) is 0 Å². The van der Waals surface area contributed by atoms with Gasteiger partial charge in [0.2, 0.25) is 0 Å². The van der Waals surface area contributed by atoms with E-state index in [1.165, 1.54) is 0 Å². The zero-order chi connectivity index (χ0) is 17.2. The molecule has 0 saturated carbocycles. The van der Waals surface area contributed by atoms with E-state index in [0.717, 1.165) is 23.3 Å². The van der Waals surface area contributed by atoms with Gasteiger partial charge < -0.3 is 20.1 Å². The molecule has 2 aromatic rings. The largest absolute Gasteiger partial charge is 0.497 e. The van der Waals surface area contributed by atoms with E-state index in [0.29, 0.717) is 19.6 Å². The van der Waals surface area contributed by atoms with Crippen molar-refractivity contribution in [1.29, 1.82) is 0 Å². The number of benzene rings is 2. The van der Waals surface area contributed by atoms with Crippen molar-refractivity contribution < 1.29 is 14.6 Å². The minimum atomic E-state index is -0.165. The maximum absolute atomic E-state index is 12.3. The summed E-state index contributed by atoms with van der Waals surface area (Å²) in [6, 6.07) is 17.4. The maximum Gasteiger partial charge on any atom is 0.317 e. The number of hydrogen-bond acceptors (Lipinski definition) is 3. The lowest BCUT2D eigenvalue weighted by molar-refractivity contribution is 0.174. The summed E-state index contributed by atoms with van der Waals surface area (Å²) in [4.78, 5) is 13.9. The molecule has 0 unspecified atom stereocenters. The van der Waals surface area contributed by atoms with E-state index in [-0.39, 0.29) is 12.6 Å². The minimum absolute atomic E-state index is 0.0568. The number of carbonyl (C=O) groups excluding carboxylic acids is 1. The molecule has 0 aliphatic heterocycles. The molecule has 24 heavy (non-hydrogen) atoms. The minimum Gasteiger partial charge on any atom is -0.497 e. The van der Waals surface area contributed by atoms with Crippen molar-refractivity contribution in [3.8, 4) is 5.75 Å². The summed E-state index contributed by atoms with van der Waals surface area (Å²) in [6.45, 7) is 1.28. The normalized spacial score (nSPS) is 10.2. The Hall–Kier alpha value is -2.53. The van der Waals surface area contributed by atoms with Gasteiger partial charge in [-0.25, -0.2) is 4.79 Å². The quantitative estimate of drug-likeness (QED) is 0.782. The van der Waals surface area contributed by atoms with Crippen LogP contribution < -0.4 is 10.1 Å². The number of ether oxygens (including phenoxy) is 1. The van der Waals surface area contributed by atoms with E-state index in [4.69, 9.17) is 4.74 Å². The number of aliphatic hydroxyl groups is 1. The lowest BCUT2D eigenvalue weighted by atomic mass is 10.1.